The van der Waals surface area contributed by atoms with E-state index in [9.17, 15) is 22.3 Å². The van der Waals surface area contributed by atoms with Crippen molar-refractivity contribution < 1.29 is 22.3 Å². The number of hydrogen-bond donors (Lipinski definition) is 2. The summed E-state index contributed by atoms with van der Waals surface area (Å²) in [4.78, 5) is 12.3. The zero-order valence-electron chi connectivity index (χ0n) is 18.7. The van der Waals surface area contributed by atoms with Crippen molar-refractivity contribution in [2.45, 2.75) is 44.9 Å². The summed E-state index contributed by atoms with van der Waals surface area (Å²) < 4.78 is 55.9. The lowest BCUT2D eigenvalue weighted by Gasteiger charge is -2.34. The monoisotopic (exact) mass is 480 g/mol. The van der Waals surface area contributed by atoms with Gasteiger partial charge in [0.05, 0.1) is 36.4 Å². The minimum Gasteiger partial charge on any atom is -0.390 e. The van der Waals surface area contributed by atoms with Crippen molar-refractivity contribution in [3.05, 3.63) is 36.3 Å². The van der Waals surface area contributed by atoms with Gasteiger partial charge in [-0.2, -0.15) is 4.31 Å². The number of aliphatic hydroxyl groups is 1. The van der Waals surface area contributed by atoms with E-state index in [2.05, 4.69) is 20.3 Å². The van der Waals surface area contributed by atoms with Crippen molar-refractivity contribution >= 4 is 27.0 Å². The number of rotatable bonds is 4. The molecule has 0 saturated carbocycles. The summed E-state index contributed by atoms with van der Waals surface area (Å²) in [5.41, 5.74) is 0.448. The third-order valence-corrected chi connectivity index (χ3v) is 6.94. The number of nitrogens with zero attached hydrogens (tertiary/aromatic N) is 5. The van der Waals surface area contributed by atoms with Crippen molar-refractivity contribution in [3.8, 4) is 11.3 Å². The minimum absolute atomic E-state index is 0.0492. The number of sulfonamides is 1. The number of halogens is 2. The molecule has 12 heteroatoms. The predicted octanol–water partition coefficient (Wildman–Crippen LogP) is 2.33. The molecule has 178 valence electrons. The van der Waals surface area contributed by atoms with Crippen molar-refractivity contribution in [2.24, 2.45) is 0 Å². The highest BCUT2D eigenvalue weighted by Gasteiger charge is 2.32. The summed E-state index contributed by atoms with van der Waals surface area (Å²) in [6, 6.07) is 2.28. The van der Waals surface area contributed by atoms with Gasteiger partial charge in [0, 0.05) is 24.2 Å². The molecule has 2 N–H and O–H groups in total. The molecule has 0 spiro atoms. The highest BCUT2D eigenvalue weighted by atomic mass is 32.2. The van der Waals surface area contributed by atoms with Crippen molar-refractivity contribution in [2.75, 3.05) is 24.7 Å². The quantitative estimate of drug-likeness (QED) is 0.589. The molecule has 33 heavy (non-hydrogen) atoms. The second-order valence-corrected chi connectivity index (χ2v) is 11.2. The van der Waals surface area contributed by atoms with Crippen LogP contribution >= 0.6 is 0 Å². The van der Waals surface area contributed by atoms with E-state index in [-0.39, 0.29) is 41.4 Å². The predicted molar refractivity (Wildman–Crippen MR) is 120 cm³/mol. The molecule has 3 heterocycles. The van der Waals surface area contributed by atoms with E-state index in [4.69, 9.17) is 0 Å². The lowest BCUT2D eigenvalue weighted by Crippen LogP contribution is -2.51. The summed E-state index contributed by atoms with van der Waals surface area (Å²) in [6.45, 7) is 6.01. The van der Waals surface area contributed by atoms with Gasteiger partial charge < -0.3 is 15.0 Å². The van der Waals surface area contributed by atoms with E-state index in [0.29, 0.717) is 11.9 Å². The second-order valence-electron chi connectivity index (χ2n) is 9.23. The Balaban J connectivity index is 1.65. The lowest BCUT2D eigenvalue weighted by molar-refractivity contribution is 0.0950. The van der Waals surface area contributed by atoms with Crippen LogP contribution in [0.25, 0.3) is 22.3 Å². The van der Waals surface area contributed by atoms with Crippen LogP contribution in [0.1, 0.15) is 27.2 Å². The summed E-state index contributed by atoms with van der Waals surface area (Å²) in [6.07, 6.45) is 2.93. The molecular formula is C21H26F2N6O3S. The maximum Gasteiger partial charge on any atom is 0.223 e. The number of benzene rings is 1. The van der Waals surface area contributed by atoms with Crippen molar-refractivity contribution in [1.29, 1.82) is 0 Å². The molecule has 1 fully saturated rings. The summed E-state index contributed by atoms with van der Waals surface area (Å²) in [5, 5.41) is 13.3. The second kappa shape index (κ2) is 8.26. The maximum absolute atomic E-state index is 14.8. The van der Waals surface area contributed by atoms with E-state index in [0.717, 1.165) is 12.5 Å². The first-order chi connectivity index (χ1) is 15.3. The summed E-state index contributed by atoms with van der Waals surface area (Å²) in [7, 11) is -3.41. The molecule has 9 nitrogen and oxygen atoms in total. The van der Waals surface area contributed by atoms with Gasteiger partial charge in [-0.25, -0.2) is 32.2 Å². The van der Waals surface area contributed by atoms with Gasteiger partial charge in [0.2, 0.25) is 16.0 Å². The fraction of sp³-hybridized carbons (Fsp3) is 0.476. The van der Waals surface area contributed by atoms with E-state index >= 15 is 0 Å². The first-order valence-electron chi connectivity index (χ1n) is 10.4. The van der Waals surface area contributed by atoms with Crippen LogP contribution in [0.4, 0.5) is 14.7 Å². The van der Waals surface area contributed by atoms with Gasteiger partial charge in [-0.3, -0.25) is 0 Å². The number of aliphatic hydroxyl groups excluding tert-OH is 1. The van der Waals surface area contributed by atoms with E-state index in [1.807, 2.05) is 20.8 Å². The number of hydrogen-bond acceptors (Lipinski definition) is 7. The van der Waals surface area contributed by atoms with Gasteiger partial charge in [0.1, 0.15) is 11.2 Å². The molecule has 1 aliphatic rings. The number of β-amino-alcohol motifs (C(OH)–C–C–N with tert-alkyl or cyclic N) is 1. The Hall–Kier alpha value is -2.70. The average Bonchev–Trinajstić information content (AvgIpc) is 3.15. The van der Waals surface area contributed by atoms with Crippen LogP contribution in [-0.4, -0.2) is 68.8 Å². The Bertz CT molecular complexity index is 1310. The number of aromatic nitrogens is 4. The van der Waals surface area contributed by atoms with Crippen LogP contribution in [0.15, 0.2) is 24.7 Å². The van der Waals surface area contributed by atoms with Gasteiger partial charge >= 0.3 is 0 Å². The molecule has 0 aliphatic carbocycles. The maximum atomic E-state index is 14.8. The Morgan fingerprint density at radius 3 is 2.55 bits per heavy atom. The standard InChI is InChI=1S/C21H26F2N6O3S/c1-21(2,3)29-11-25-19-13(22)7-12(8-16(19)29)18-14(23)9-24-20(27-18)26-15-5-6-28(10-17(15)30)33(4,31)32/h7-9,11,15,17,30H,5-6,10H2,1-4H3,(H,24,26,27). The fourth-order valence-electron chi connectivity index (χ4n) is 3.92. The van der Waals surface area contributed by atoms with Crippen LogP contribution in [0.2, 0.25) is 0 Å². The highest BCUT2D eigenvalue weighted by molar-refractivity contribution is 7.88. The SMILES string of the molecule is CC(C)(C)n1cnc2c(F)cc(-c3nc(NC4CCN(S(C)(=O)=O)CC4O)ncc3F)cc21. The number of piperidine rings is 1. The number of fused-ring (bicyclic) bond motifs is 1. The normalized spacial score (nSPS) is 20.3. The molecule has 1 aliphatic heterocycles. The molecule has 2 atom stereocenters. The Kier molecular flexibility index (Phi) is 5.87. The molecule has 0 radical (unpaired) electrons. The molecule has 3 aromatic rings. The first-order valence-corrected chi connectivity index (χ1v) is 12.3. The van der Waals surface area contributed by atoms with Crippen LogP contribution in [0, 0.1) is 11.6 Å². The third kappa shape index (κ3) is 4.68. The van der Waals surface area contributed by atoms with Gasteiger partial charge in [-0.15, -0.1) is 0 Å². The van der Waals surface area contributed by atoms with Crippen LogP contribution < -0.4 is 5.32 Å². The van der Waals surface area contributed by atoms with Gasteiger partial charge in [-0.1, -0.05) is 0 Å². The molecule has 2 unspecified atom stereocenters. The molecule has 2 aromatic heterocycles. The highest BCUT2D eigenvalue weighted by Crippen LogP contribution is 2.30. The van der Waals surface area contributed by atoms with Crippen LogP contribution in [0.3, 0.4) is 0 Å². The van der Waals surface area contributed by atoms with Crippen molar-refractivity contribution in [1.82, 2.24) is 23.8 Å². The van der Waals surface area contributed by atoms with Gasteiger partial charge in [0.15, 0.2) is 11.6 Å². The van der Waals surface area contributed by atoms with E-state index in [1.54, 1.807) is 17.0 Å². The molecule has 0 bridgehead atoms. The third-order valence-electron chi connectivity index (χ3n) is 5.67. The zero-order chi connectivity index (χ0) is 24.1. The lowest BCUT2D eigenvalue weighted by atomic mass is 10.0. The number of imidazole rings is 1. The molecule has 1 aromatic carbocycles. The summed E-state index contributed by atoms with van der Waals surface area (Å²) in [5.74, 6) is -1.27. The average molecular weight is 481 g/mol. The Labute approximate surface area is 190 Å². The molecular weight excluding hydrogens is 454 g/mol. The Morgan fingerprint density at radius 1 is 1.18 bits per heavy atom. The molecule has 1 saturated heterocycles. The molecule has 4 rings (SSSR count). The van der Waals surface area contributed by atoms with Gasteiger partial charge in [0.25, 0.3) is 0 Å². The topological polar surface area (TPSA) is 113 Å². The number of nitrogens with one attached hydrogen (secondary N) is 1. The van der Waals surface area contributed by atoms with E-state index < -0.39 is 33.8 Å². The number of anilines is 1. The minimum atomic E-state index is -3.41. The smallest absolute Gasteiger partial charge is 0.223 e. The van der Waals surface area contributed by atoms with E-state index in [1.165, 1.54) is 10.4 Å². The van der Waals surface area contributed by atoms with Crippen LogP contribution in [0.5, 0.6) is 0 Å². The summed E-state index contributed by atoms with van der Waals surface area (Å²) >= 11 is 0. The zero-order valence-corrected chi connectivity index (χ0v) is 19.6. The Morgan fingerprint density at radius 2 is 1.91 bits per heavy atom. The first kappa shape index (κ1) is 23.5. The van der Waals surface area contributed by atoms with Crippen LogP contribution in [-0.2, 0) is 15.6 Å². The largest absolute Gasteiger partial charge is 0.390 e. The fourth-order valence-corrected chi connectivity index (χ4v) is 4.78. The van der Waals surface area contributed by atoms with Gasteiger partial charge in [-0.05, 0) is 39.3 Å². The van der Waals surface area contributed by atoms with Crippen molar-refractivity contribution in [3.63, 3.8) is 0 Å². The molecule has 0 amide bonds.